The molecule has 0 saturated carbocycles. The van der Waals surface area contributed by atoms with Gasteiger partial charge in [-0.1, -0.05) is 25.4 Å². The van der Waals surface area contributed by atoms with Gasteiger partial charge in [-0.05, 0) is 12.7 Å². The fraction of sp³-hybridized carbons (Fsp3) is 0.556. The molecule has 1 aromatic heterocycles. The van der Waals surface area contributed by atoms with Crippen molar-refractivity contribution in [2.24, 2.45) is 0 Å². The highest BCUT2D eigenvalue weighted by Crippen LogP contribution is 2.24. The Morgan fingerprint density at radius 3 is 2.54 bits per heavy atom. The Labute approximate surface area is 88.1 Å². The van der Waals surface area contributed by atoms with E-state index in [1.807, 2.05) is 13.8 Å². The summed E-state index contributed by atoms with van der Waals surface area (Å²) in [5.74, 6) is 1.84. The fourth-order valence-electron chi connectivity index (χ4n) is 0.947. The number of halogens is 1. The topological polar surface area (TPSA) is 25.8 Å². The summed E-state index contributed by atoms with van der Waals surface area (Å²) in [5, 5.41) is 1.60. The predicted octanol–water partition coefficient (Wildman–Crippen LogP) is 3.11. The van der Waals surface area contributed by atoms with Gasteiger partial charge in [0, 0.05) is 12.0 Å². The van der Waals surface area contributed by atoms with Crippen LogP contribution >= 0.6 is 23.4 Å². The van der Waals surface area contributed by atoms with E-state index in [1.54, 1.807) is 11.8 Å². The average Bonchev–Trinajstić information content (AvgIpc) is 2.13. The summed E-state index contributed by atoms with van der Waals surface area (Å²) in [6.07, 6.45) is 0.831. The molecule has 1 rings (SSSR count). The number of aryl methyl sites for hydroxylation is 1. The Hall–Kier alpha value is -0.280. The van der Waals surface area contributed by atoms with E-state index in [2.05, 4.69) is 16.9 Å². The molecule has 1 aromatic rings. The summed E-state index contributed by atoms with van der Waals surface area (Å²) >= 11 is 7.68. The molecule has 0 saturated heterocycles. The van der Waals surface area contributed by atoms with Gasteiger partial charge in [0.1, 0.15) is 16.0 Å². The number of aromatic nitrogens is 2. The summed E-state index contributed by atoms with van der Waals surface area (Å²) in [5.41, 5.74) is 0.991. The second-order valence-electron chi connectivity index (χ2n) is 2.65. The smallest absolute Gasteiger partial charge is 0.136 e. The minimum absolute atomic E-state index is 0.586. The highest BCUT2D eigenvalue weighted by molar-refractivity contribution is 7.99. The van der Waals surface area contributed by atoms with Crippen molar-refractivity contribution in [3.8, 4) is 0 Å². The Morgan fingerprint density at radius 1 is 1.31 bits per heavy atom. The van der Waals surface area contributed by atoms with Crippen LogP contribution < -0.4 is 0 Å². The van der Waals surface area contributed by atoms with Gasteiger partial charge in [0.05, 0.1) is 0 Å². The lowest BCUT2D eigenvalue weighted by molar-refractivity contribution is 0.872. The van der Waals surface area contributed by atoms with Crippen molar-refractivity contribution in [2.75, 3.05) is 5.75 Å². The van der Waals surface area contributed by atoms with Gasteiger partial charge in [0.15, 0.2) is 0 Å². The Kier molecular flexibility index (Phi) is 4.00. The zero-order chi connectivity index (χ0) is 9.84. The molecule has 0 unspecified atom stereocenters. The maximum absolute atomic E-state index is 5.97. The summed E-state index contributed by atoms with van der Waals surface area (Å²) in [7, 11) is 0. The van der Waals surface area contributed by atoms with E-state index in [-0.39, 0.29) is 0 Å². The summed E-state index contributed by atoms with van der Waals surface area (Å²) < 4.78 is 0. The first-order chi connectivity index (χ1) is 6.19. The van der Waals surface area contributed by atoms with Gasteiger partial charge < -0.3 is 0 Å². The van der Waals surface area contributed by atoms with E-state index in [0.29, 0.717) is 5.15 Å². The van der Waals surface area contributed by atoms with Crippen LogP contribution in [0.25, 0.3) is 0 Å². The van der Waals surface area contributed by atoms with Crippen LogP contribution in [-0.4, -0.2) is 15.7 Å². The van der Waals surface area contributed by atoms with Crippen LogP contribution in [-0.2, 0) is 6.42 Å². The zero-order valence-electron chi connectivity index (χ0n) is 8.09. The number of nitrogens with zero attached hydrogens (tertiary/aromatic N) is 2. The largest absolute Gasteiger partial charge is 0.226 e. The van der Waals surface area contributed by atoms with Gasteiger partial charge in [-0.15, -0.1) is 11.8 Å². The van der Waals surface area contributed by atoms with Gasteiger partial charge in [0.2, 0.25) is 0 Å². The summed E-state index contributed by atoms with van der Waals surface area (Å²) in [4.78, 5) is 8.58. The van der Waals surface area contributed by atoms with Gasteiger partial charge in [-0.2, -0.15) is 0 Å². The lowest BCUT2D eigenvalue weighted by Crippen LogP contribution is -1.98. The molecule has 2 nitrogen and oxygen atoms in total. The monoisotopic (exact) mass is 216 g/mol. The Bertz CT molecular complexity index is 302. The van der Waals surface area contributed by atoms with Crippen molar-refractivity contribution in [1.29, 1.82) is 0 Å². The first kappa shape index (κ1) is 10.8. The minimum Gasteiger partial charge on any atom is -0.226 e. The Balaban J connectivity index is 3.09. The van der Waals surface area contributed by atoms with E-state index in [9.17, 15) is 0 Å². The maximum atomic E-state index is 5.97. The Morgan fingerprint density at radius 2 is 2.00 bits per heavy atom. The second kappa shape index (κ2) is 4.82. The molecule has 72 valence electrons. The van der Waals surface area contributed by atoms with Gasteiger partial charge >= 0.3 is 0 Å². The van der Waals surface area contributed by atoms with Crippen LogP contribution in [0.2, 0.25) is 5.15 Å². The molecule has 0 amide bonds. The quantitative estimate of drug-likeness (QED) is 0.574. The van der Waals surface area contributed by atoms with Crippen molar-refractivity contribution in [3.05, 3.63) is 16.5 Å². The molecule has 0 aliphatic carbocycles. The molecule has 0 spiro atoms. The predicted molar refractivity (Wildman–Crippen MR) is 57.6 cm³/mol. The van der Waals surface area contributed by atoms with E-state index in [4.69, 9.17) is 11.6 Å². The number of hydrogen-bond acceptors (Lipinski definition) is 3. The normalized spacial score (nSPS) is 10.5. The fourth-order valence-corrected chi connectivity index (χ4v) is 1.95. The highest BCUT2D eigenvalue weighted by atomic mass is 35.5. The lowest BCUT2D eigenvalue weighted by atomic mass is 10.3. The number of hydrogen-bond donors (Lipinski definition) is 0. The van der Waals surface area contributed by atoms with E-state index < -0.39 is 0 Å². The van der Waals surface area contributed by atoms with Crippen LogP contribution in [0.1, 0.15) is 25.2 Å². The summed E-state index contributed by atoms with van der Waals surface area (Å²) in [6.45, 7) is 6.09. The molecule has 0 fully saturated rings. The molecular weight excluding hydrogens is 204 g/mol. The van der Waals surface area contributed by atoms with Crippen LogP contribution in [0.15, 0.2) is 5.03 Å². The van der Waals surface area contributed by atoms with E-state index in [0.717, 1.165) is 28.6 Å². The van der Waals surface area contributed by atoms with Gasteiger partial charge in [-0.25, -0.2) is 9.97 Å². The molecule has 0 atom stereocenters. The summed E-state index contributed by atoms with van der Waals surface area (Å²) in [6, 6.07) is 0. The van der Waals surface area contributed by atoms with Crippen molar-refractivity contribution in [2.45, 2.75) is 32.2 Å². The number of thioether (sulfide) groups is 1. The minimum atomic E-state index is 0.586. The van der Waals surface area contributed by atoms with Crippen LogP contribution in [0, 0.1) is 6.92 Å². The molecule has 13 heavy (non-hydrogen) atoms. The van der Waals surface area contributed by atoms with Crippen LogP contribution in [0.3, 0.4) is 0 Å². The molecule has 0 aliphatic rings. The average molecular weight is 217 g/mol. The highest BCUT2D eigenvalue weighted by Gasteiger charge is 2.07. The zero-order valence-corrected chi connectivity index (χ0v) is 9.67. The molecule has 0 aliphatic heterocycles. The van der Waals surface area contributed by atoms with Gasteiger partial charge in [-0.3, -0.25) is 0 Å². The first-order valence-corrected chi connectivity index (χ1v) is 5.71. The molecule has 1 heterocycles. The molecule has 0 aromatic carbocycles. The molecular formula is C9H13ClN2S. The number of rotatable bonds is 3. The maximum Gasteiger partial charge on any atom is 0.136 e. The third-order valence-corrected chi connectivity index (χ3v) is 3.01. The second-order valence-corrected chi connectivity index (χ2v) is 4.26. The first-order valence-electron chi connectivity index (χ1n) is 4.34. The molecule has 0 radical (unpaired) electrons. The van der Waals surface area contributed by atoms with Crippen LogP contribution in [0.4, 0.5) is 0 Å². The van der Waals surface area contributed by atoms with Crippen LogP contribution in [0.5, 0.6) is 0 Å². The molecule has 0 bridgehead atoms. The standard InChI is InChI=1S/C9H13ClN2S/c1-4-7-11-8(10)6(3)9(12-7)13-5-2/h4-5H2,1-3H3. The lowest BCUT2D eigenvalue weighted by Gasteiger charge is -2.06. The van der Waals surface area contributed by atoms with Crippen molar-refractivity contribution in [3.63, 3.8) is 0 Å². The molecule has 4 heteroatoms. The third kappa shape index (κ3) is 2.58. The SMILES string of the molecule is CCSc1nc(CC)nc(Cl)c1C. The third-order valence-electron chi connectivity index (χ3n) is 1.69. The molecule has 0 N–H and O–H groups in total. The van der Waals surface area contributed by atoms with Crippen molar-refractivity contribution >= 4 is 23.4 Å². The van der Waals surface area contributed by atoms with Gasteiger partial charge in [0.25, 0.3) is 0 Å². The van der Waals surface area contributed by atoms with E-state index >= 15 is 0 Å². The van der Waals surface area contributed by atoms with Crippen molar-refractivity contribution < 1.29 is 0 Å². The van der Waals surface area contributed by atoms with Crippen molar-refractivity contribution in [1.82, 2.24) is 9.97 Å². The van der Waals surface area contributed by atoms with E-state index in [1.165, 1.54) is 0 Å².